The number of rotatable bonds is 4. The number of nitrogens with zero attached hydrogens (tertiary/aromatic N) is 2. The molecule has 1 N–H and O–H groups in total. The Morgan fingerprint density at radius 3 is 2.75 bits per heavy atom. The van der Waals surface area contributed by atoms with Gasteiger partial charge in [0.1, 0.15) is 0 Å². The van der Waals surface area contributed by atoms with E-state index in [2.05, 4.69) is 46.5 Å². The van der Waals surface area contributed by atoms with Gasteiger partial charge in [0.05, 0.1) is 0 Å². The predicted molar refractivity (Wildman–Crippen MR) is 83.0 cm³/mol. The van der Waals surface area contributed by atoms with Crippen molar-refractivity contribution in [2.75, 3.05) is 6.54 Å². The van der Waals surface area contributed by atoms with Gasteiger partial charge < -0.3 is 5.32 Å². The first-order chi connectivity index (χ1) is 9.78. The predicted octanol–water partition coefficient (Wildman–Crippen LogP) is 3.15. The van der Waals surface area contributed by atoms with Crippen molar-refractivity contribution in [1.29, 1.82) is 0 Å². The van der Waals surface area contributed by atoms with E-state index in [0.29, 0.717) is 11.3 Å². The minimum absolute atomic E-state index is 0.395. The molecule has 0 saturated carbocycles. The van der Waals surface area contributed by atoms with Crippen molar-refractivity contribution in [3.63, 3.8) is 0 Å². The van der Waals surface area contributed by atoms with E-state index in [1.807, 2.05) is 19.3 Å². The quantitative estimate of drug-likeness (QED) is 0.876. The molecule has 0 radical (unpaired) electrons. The number of aryl methyl sites for hydroxylation is 1. The largest absolute Gasteiger partial charge is 0.309 e. The van der Waals surface area contributed by atoms with Crippen molar-refractivity contribution in [3.8, 4) is 0 Å². The van der Waals surface area contributed by atoms with Crippen LogP contribution in [0, 0.1) is 6.92 Å². The Balaban J connectivity index is 1.81. The topological polar surface area (TPSA) is 37.8 Å². The van der Waals surface area contributed by atoms with Crippen LogP contribution in [0.4, 0.5) is 0 Å². The summed E-state index contributed by atoms with van der Waals surface area (Å²) in [5.74, 6) is 0. The van der Waals surface area contributed by atoms with Gasteiger partial charge in [-0.15, -0.1) is 0 Å². The molecule has 0 bridgehead atoms. The molecule has 0 saturated heterocycles. The molecule has 1 aromatic carbocycles. The molecule has 0 fully saturated rings. The minimum atomic E-state index is 0.395. The van der Waals surface area contributed by atoms with Crippen LogP contribution in [0.25, 0.3) is 0 Å². The molecule has 2 atom stereocenters. The lowest BCUT2D eigenvalue weighted by Crippen LogP contribution is -2.26. The van der Waals surface area contributed by atoms with Gasteiger partial charge >= 0.3 is 0 Å². The summed E-state index contributed by atoms with van der Waals surface area (Å²) in [5.41, 5.74) is 3.98. The SMILES string of the molecule is CCNC1c2ccccc2CC1Sc1ncc(C)cn1. The van der Waals surface area contributed by atoms with Gasteiger partial charge in [0.25, 0.3) is 0 Å². The molecular formula is C16H19N3S. The third-order valence-corrected chi connectivity index (χ3v) is 4.78. The van der Waals surface area contributed by atoms with Crippen LogP contribution in [0.15, 0.2) is 41.8 Å². The highest BCUT2D eigenvalue weighted by Gasteiger charge is 2.32. The van der Waals surface area contributed by atoms with Gasteiger partial charge in [-0.05, 0) is 36.6 Å². The maximum atomic E-state index is 4.42. The fraction of sp³-hybridized carbons (Fsp3) is 0.375. The number of fused-ring (bicyclic) bond motifs is 1. The van der Waals surface area contributed by atoms with Crippen LogP contribution in [0.3, 0.4) is 0 Å². The Bertz CT molecular complexity index is 583. The van der Waals surface area contributed by atoms with E-state index in [0.717, 1.165) is 23.7 Å². The molecule has 3 nitrogen and oxygen atoms in total. The number of nitrogens with one attached hydrogen (secondary N) is 1. The number of benzene rings is 1. The minimum Gasteiger partial charge on any atom is -0.309 e. The first-order valence-electron chi connectivity index (χ1n) is 7.04. The number of aromatic nitrogens is 2. The van der Waals surface area contributed by atoms with E-state index in [1.54, 1.807) is 11.8 Å². The van der Waals surface area contributed by atoms with Gasteiger partial charge in [0.15, 0.2) is 5.16 Å². The van der Waals surface area contributed by atoms with Crippen LogP contribution in [-0.2, 0) is 6.42 Å². The van der Waals surface area contributed by atoms with Gasteiger partial charge in [-0.1, -0.05) is 43.0 Å². The number of hydrogen-bond acceptors (Lipinski definition) is 4. The molecule has 20 heavy (non-hydrogen) atoms. The highest BCUT2D eigenvalue weighted by molar-refractivity contribution is 7.99. The van der Waals surface area contributed by atoms with Crippen LogP contribution in [0.1, 0.15) is 29.7 Å². The first kappa shape index (κ1) is 13.6. The van der Waals surface area contributed by atoms with E-state index in [4.69, 9.17) is 0 Å². The molecule has 1 aromatic heterocycles. The average molecular weight is 285 g/mol. The monoisotopic (exact) mass is 285 g/mol. The molecule has 0 amide bonds. The normalized spacial score (nSPS) is 20.9. The molecule has 1 aliphatic carbocycles. The number of thioether (sulfide) groups is 1. The van der Waals surface area contributed by atoms with Crippen molar-refractivity contribution < 1.29 is 0 Å². The highest BCUT2D eigenvalue weighted by atomic mass is 32.2. The number of hydrogen-bond donors (Lipinski definition) is 1. The summed E-state index contributed by atoms with van der Waals surface area (Å²) in [6.07, 6.45) is 4.86. The maximum absolute atomic E-state index is 4.42. The van der Waals surface area contributed by atoms with Crippen LogP contribution in [-0.4, -0.2) is 21.8 Å². The molecule has 104 valence electrons. The second kappa shape index (κ2) is 5.94. The smallest absolute Gasteiger partial charge is 0.187 e. The van der Waals surface area contributed by atoms with Crippen molar-refractivity contribution in [1.82, 2.24) is 15.3 Å². The average Bonchev–Trinajstić information content (AvgIpc) is 2.80. The third kappa shape index (κ3) is 2.72. The van der Waals surface area contributed by atoms with E-state index >= 15 is 0 Å². The molecule has 4 heteroatoms. The van der Waals surface area contributed by atoms with Crippen molar-refractivity contribution in [2.24, 2.45) is 0 Å². The van der Waals surface area contributed by atoms with Gasteiger partial charge in [-0.2, -0.15) is 0 Å². The summed E-state index contributed by atoms with van der Waals surface area (Å²) in [6.45, 7) is 5.15. The van der Waals surface area contributed by atoms with Crippen molar-refractivity contribution in [2.45, 2.75) is 36.7 Å². The van der Waals surface area contributed by atoms with Crippen molar-refractivity contribution >= 4 is 11.8 Å². The summed E-state index contributed by atoms with van der Waals surface area (Å²) in [5, 5.41) is 4.95. The summed E-state index contributed by atoms with van der Waals surface area (Å²) in [4.78, 5) is 8.85. The van der Waals surface area contributed by atoms with E-state index < -0.39 is 0 Å². The van der Waals surface area contributed by atoms with E-state index in [1.165, 1.54) is 11.1 Å². The summed E-state index contributed by atoms with van der Waals surface area (Å²) in [6, 6.07) is 9.11. The first-order valence-corrected chi connectivity index (χ1v) is 7.92. The van der Waals surface area contributed by atoms with Crippen molar-refractivity contribution in [3.05, 3.63) is 53.3 Å². The lowest BCUT2D eigenvalue weighted by molar-refractivity contribution is 0.559. The van der Waals surface area contributed by atoms with Gasteiger partial charge in [-0.3, -0.25) is 0 Å². The molecule has 2 aromatic rings. The van der Waals surface area contributed by atoms with E-state index in [9.17, 15) is 0 Å². The molecule has 1 heterocycles. The fourth-order valence-corrected chi connectivity index (χ4v) is 3.85. The molecular weight excluding hydrogens is 266 g/mol. The Labute approximate surface area is 124 Å². The van der Waals surface area contributed by atoms with Crippen LogP contribution in [0.5, 0.6) is 0 Å². The molecule has 1 aliphatic rings. The van der Waals surface area contributed by atoms with Crippen LogP contribution in [0.2, 0.25) is 0 Å². The Kier molecular flexibility index (Phi) is 4.03. The fourth-order valence-electron chi connectivity index (χ4n) is 2.71. The highest BCUT2D eigenvalue weighted by Crippen LogP contribution is 2.40. The Hall–Kier alpha value is -1.39. The van der Waals surface area contributed by atoms with E-state index in [-0.39, 0.29) is 0 Å². The van der Waals surface area contributed by atoms with Gasteiger partial charge in [-0.25, -0.2) is 9.97 Å². The molecule has 3 rings (SSSR count). The van der Waals surface area contributed by atoms with Crippen LogP contribution >= 0.6 is 11.8 Å². The molecule has 0 aliphatic heterocycles. The second-order valence-corrected chi connectivity index (χ2v) is 6.34. The summed E-state index contributed by atoms with van der Waals surface area (Å²) < 4.78 is 0. The van der Waals surface area contributed by atoms with Gasteiger partial charge in [0.2, 0.25) is 0 Å². The standard InChI is InChI=1S/C16H19N3S/c1-3-17-15-13-7-5-4-6-12(13)8-14(15)20-16-18-9-11(2)10-19-16/h4-7,9-10,14-15,17H,3,8H2,1-2H3. The van der Waals surface area contributed by atoms with Crippen LogP contribution < -0.4 is 5.32 Å². The zero-order chi connectivity index (χ0) is 13.9. The third-order valence-electron chi connectivity index (χ3n) is 3.62. The Morgan fingerprint density at radius 1 is 1.25 bits per heavy atom. The van der Waals surface area contributed by atoms with Gasteiger partial charge in [0, 0.05) is 23.7 Å². The zero-order valence-corrected chi connectivity index (χ0v) is 12.7. The lowest BCUT2D eigenvalue weighted by Gasteiger charge is -2.20. The maximum Gasteiger partial charge on any atom is 0.187 e. The molecule has 0 spiro atoms. The summed E-state index contributed by atoms with van der Waals surface area (Å²) >= 11 is 1.78. The zero-order valence-electron chi connectivity index (χ0n) is 11.8. The molecule has 2 unspecified atom stereocenters. The Morgan fingerprint density at radius 2 is 2.00 bits per heavy atom. The second-order valence-electron chi connectivity index (χ2n) is 5.14. The lowest BCUT2D eigenvalue weighted by atomic mass is 10.1. The summed E-state index contributed by atoms with van der Waals surface area (Å²) in [7, 11) is 0.